The van der Waals surface area contributed by atoms with E-state index in [9.17, 15) is 14.7 Å². The van der Waals surface area contributed by atoms with Gasteiger partial charge in [0.15, 0.2) is 0 Å². The molecule has 0 aliphatic heterocycles. The summed E-state index contributed by atoms with van der Waals surface area (Å²) in [6, 6.07) is 10.6. The van der Waals surface area contributed by atoms with Crippen LogP contribution in [0.2, 0.25) is 5.02 Å². The predicted octanol–water partition coefficient (Wildman–Crippen LogP) is 3.57. The highest BCUT2D eigenvalue weighted by Crippen LogP contribution is 2.28. The van der Waals surface area contributed by atoms with E-state index in [4.69, 9.17) is 16.3 Å². The number of carboxylic acids is 1. The number of halogens is 1. The predicted molar refractivity (Wildman–Crippen MR) is 93.5 cm³/mol. The van der Waals surface area contributed by atoms with Gasteiger partial charge in [-0.05, 0) is 49.4 Å². The molecule has 0 fully saturated rings. The van der Waals surface area contributed by atoms with Gasteiger partial charge in [0.05, 0.1) is 12.6 Å². The SMILES string of the molecule is COc1ccc2c(c1)c(C(=O)c1ccc(Cl)cc1)nn2C(C)C(=O)O. The molecule has 1 N–H and O–H groups in total. The summed E-state index contributed by atoms with van der Waals surface area (Å²) in [5, 5.41) is 14.6. The van der Waals surface area contributed by atoms with Crippen molar-refractivity contribution in [3.63, 3.8) is 0 Å². The zero-order chi connectivity index (χ0) is 18.1. The number of aliphatic carboxylic acids is 1. The van der Waals surface area contributed by atoms with Crippen LogP contribution in [0.5, 0.6) is 5.75 Å². The van der Waals surface area contributed by atoms with Crippen molar-refractivity contribution in [3.8, 4) is 5.75 Å². The van der Waals surface area contributed by atoms with E-state index < -0.39 is 12.0 Å². The van der Waals surface area contributed by atoms with Crippen molar-refractivity contribution in [2.24, 2.45) is 0 Å². The van der Waals surface area contributed by atoms with Crippen molar-refractivity contribution in [1.82, 2.24) is 9.78 Å². The summed E-state index contributed by atoms with van der Waals surface area (Å²) in [7, 11) is 1.52. The Bertz CT molecular complexity index is 963. The van der Waals surface area contributed by atoms with E-state index in [1.54, 1.807) is 42.5 Å². The Morgan fingerprint density at radius 1 is 1.20 bits per heavy atom. The van der Waals surface area contributed by atoms with Crippen LogP contribution < -0.4 is 4.74 Å². The lowest BCUT2D eigenvalue weighted by molar-refractivity contribution is -0.140. The van der Waals surface area contributed by atoms with Crippen LogP contribution in [-0.4, -0.2) is 33.7 Å². The van der Waals surface area contributed by atoms with Gasteiger partial charge in [0.1, 0.15) is 17.5 Å². The van der Waals surface area contributed by atoms with Gasteiger partial charge >= 0.3 is 5.97 Å². The lowest BCUT2D eigenvalue weighted by atomic mass is 10.1. The molecule has 0 aliphatic rings. The van der Waals surface area contributed by atoms with Crippen LogP contribution in [0.1, 0.15) is 29.0 Å². The average molecular weight is 359 g/mol. The molecule has 3 aromatic rings. The number of aromatic nitrogens is 2. The smallest absolute Gasteiger partial charge is 0.328 e. The number of fused-ring (bicyclic) bond motifs is 1. The number of nitrogens with zero attached hydrogens (tertiary/aromatic N) is 2. The van der Waals surface area contributed by atoms with Crippen molar-refractivity contribution < 1.29 is 19.4 Å². The highest BCUT2D eigenvalue weighted by Gasteiger charge is 2.24. The summed E-state index contributed by atoms with van der Waals surface area (Å²) >= 11 is 5.86. The minimum atomic E-state index is -1.04. The monoisotopic (exact) mass is 358 g/mol. The number of rotatable bonds is 5. The molecule has 2 aromatic carbocycles. The van der Waals surface area contributed by atoms with Gasteiger partial charge in [-0.25, -0.2) is 4.79 Å². The first-order valence-electron chi connectivity index (χ1n) is 7.51. The minimum absolute atomic E-state index is 0.171. The van der Waals surface area contributed by atoms with E-state index in [1.807, 2.05) is 0 Å². The molecule has 0 spiro atoms. The fourth-order valence-corrected chi connectivity index (χ4v) is 2.68. The van der Waals surface area contributed by atoms with Gasteiger partial charge in [0.2, 0.25) is 5.78 Å². The molecule has 0 saturated heterocycles. The summed E-state index contributed by atoms with van der Waals surface area (Å²) in [4.78, 5) is 24.2. The molecule has 1 aromatic heterocycles. The normalized spacial score (nSPS) is 12.1. The molecule has 3 rings (SSSR count). The topological polar surface area (TPSA) is 81.4 Å². The standard InChI is InChI=1S/C18H15ClN2O4/c1-10(18(23)24)21-15-8-7-13(25-2)9-14(15)16(20-21)17(22)11-3-5-12(19)6-4-11/h3-10H,1-2H3,(H,23,24). The zero-order valence-corrected chi connectivity index (χ0v) is 14.3. The Kier molecular flexibility index (Phi) is 4.46. The van der Waals surface area contributed by atoms with Gasteiger partial charge in [0.25, 0.3) is 0 Å². The number of hydrogen-bond acceptors (Lipinski definition) is 4. The van der Waals surface area contributed by atoms with Gasteiger partial charge in [-0.1, -0.05) is 11.6 Å². The summed E-state index contributed by atoms with van der Waals surface area (Å²) in [6.45, 7) is 1.51. The van der Waals surface area contributed by atoms with Gasteiger partial charge in [-0.3, -0.25) is 9.48 Å². The third kappa shape index (κ3) is 3.08. The number of ether oxygens (including phenoxy) is 1. The quantitative estimate of drug-likeness (QED) is 0.705. The number of hydrogen-bond donors (Lipinski definition) is 1. The second-order valence-electron chi connectivity index (χ2n) is 5.53. The van der Waals surface area contributed by atoms with Crippen LogP contribution in [0, 0.1) is 0 Å². The van der Waals surface area contributed by atoms with Crippen molar-refractivity contribution in [2.45, 2.75) is 13.0 Å². The maximum Gasteiger partial charge on any atom is 0.328 e. The Hall–Kier alpha value is -2.86. The van der Waals surface area contributed by atoms with Crippen LogP contribution in [0.25, 0.3) is 10.9 Å². The third-order valence-electron chi connectivity index (χ3n) is 3.96. The van der Waals surface area contributed by atoms with E-state index in [0.717, 1.165) is 0 Å². The number of benzene rings is 2. The van der Waals surface area contributed by atoms with Crippen molar-refractivity contribution in [3.05, 3.63) is 58.7 Å². The lowest BCUT2D eigenvalue weighted by Gasteiger charge is -2.08. The zero-order valence-electron chi connectivity index (χ0n) is 13.6. The summed E-state index contributed by atoms with van der Waals surface area (Å²) in [5.41, 5.74) is 1.14. The van der Waals surface area contributed by atoms with Crippen molar-refractivity contribution in [2.75, 3.05) is 7.11 Å². The third-order valence-corrected chi connectivity index (χ3v) is 4.21. The first-order valence-corrected chi connectivity index (χ1v) is 7.89. The maximum absolute atomic E-state index is 12.9. The highest BCUT2D eigenvalue weighted by atomic mass is 35.5. The van der Waals surface area contributed by atoms with E-state index in [1.165, 1.54) is 18.7 Å². The molecule has 1 heterocycles. The molecule has 6 nitrogen and oxygen atoms in total. The van der Waals surface area contributed by atoms with E-state index in [2.05, 4.69) is 5.10 Å². The molecule has 0 saturated carbocycles. The number of ketones is 1. The fraction of sp³-hybridized carbons (Fsp3) is 0.167. The molecule has 25 heavy (non-hydrogen) atoms. The molecule has 0 amide bonds. The average Bonchev–Trinajstić information content (AvgIpc) is 2.99. The van der Waals surface area contributed by atoms with Gasteiger partial charge < -0.3 is 9.84 Å². The number of methoxy groups -OCH3 is 1. The van der Waals surface area contributed by atoms with Crippen molar-refractivity contribution in [1.29, 1.82) is 0 Å². The lowest BCUT2D eigenvalue weighted by Crippen LogP contribution is -2.17. The molecule has 128 valence electrons. The molecule has 0 bridgehead atoms. The van der Waals surface area contributed by atoms with E-state index >= 15 is 0 Å². The Morgan fingerprint density at radius 2 is 1.88 bits per heavy atom. The van der Waals surface area contributed by atoms with Crippen LogP contribution in [-0.2, 0) is 4.79 Å². The second kappa shape index (κ2) is 6.57. The summed E-state index contributed by atoms with van der Waals surface area (Å²) < 4.78 is 6.55. The first-order chi connectivity index (χ1) is 11.9. The molecule has 1 unspecified atom stereocenters. The van der Waals surface area contributed by atoms with E-state index in [0.29, 0.717) is 27.2 Å². The van der Waals surface area contributed by atoms with Crippen LogP contribution in [0.4, 0.5) is 0 Å². The van der Waals surface area contributed by atoms with Crippen LogP contribution in [0.15, 0.2) is 42.5 Å². The minimum Gasteiger partial charge on any atom is -0.497 e. The largest absolute Gasteiger partial charge is 0.497 e. The van der Waals surface area contributed by atoms with Gasteiger partial charge in [-0.2, -0.15) is 5.10 Å². The number of carbonyl (C=O) groups is 2. The molecular formula is C18H15ClN2O4. The number of carbonyl (C=O) groups excluding carboxylic acids is 1. The Morgan fingerprint density at radius 3 is 2.48 bits per heavy atom. The Balaban J connectivity index is 2.20. The second-order valence-corrected chi connectivity index (χ2v) is 5.96. The molecule has 0 radical (unpaired) electrons. The highest BCUT2D eigenvalue weighted by molar-refractivity contribution is 6.30. The van der Waals surface area contributed by atoms with Gasteiger partial charge in [0, 0.05) is 16.0 Å². The first kappa shape index (κ1) is 17.0. The Labute approximate surface area is 148 Å². The van der Waals surface area contributed by atoms with Crippen LogP contribution >= 0.6 is 11.6 Å². The van der Waals surface area contributed by atoms with Crippen molar-refractivity contribution >= 4 is 34.3 Å². The molecular weight excluding hydrogens is 344 g/mol. The molecule has 7 heteroatoms. The van der Waals surface area contributed by atoms with E-state index in [-0.39, 0.29) is 11.5 Å². The van der Waals surface area contributed by atoms with Crippen LogP contribution in [0.3, 0.4) is 0 Å². The number of carboxylic acid groups (broad SMARTS) is 1. The maximum atomic E-state index is 12.9. The van der Waals surface area contributed by atoms with Gasteiger partial charge in [-0.15, -0.1) is 0 Å². The fourth-order valence-electron chi connectivity index (χ4n) is 2.55. The molecule has 1 atom stereocenters. The molecule has 0 aliphatic carbocycles. The summed E-state index contributed by atoms with van der Waals surface area (Å²) in [5.74, 6) is -0.794. The summed E-state index contributed by atoms with van der Waals surface area (Å²) in [6.07, 6.45) is 0.